The maximum absolute atomic E-state index is 11.5. The molecule has 0 aromatic heterocycles. The second-order valence-electron chi connectivity index (χ2n) is 4.61. The predicted octanol–water partition coefficient (Wildman–Crippen LogP) is 0.386. The van der Waals surface area contributed by atoms with Gasteiger partial charge in [0.05, 0.1) is 12.1 Å². The van der Waals surface area contributed by atoms with Crippen LogP contribution in [0, 0.1) is 0 Å². The van der Waals surface area contributed by atoms with Gasteiger partial charge in [-0.05, 0) is 24.1 Å². The van der Waals surface area contributed by atoms with E-state index >= 15 is 0 Å². The van der Waals surface area contributed by atoms with Crippen molar-refractivity contribution in [2.45, 2.75) is 18.9 Å². The topological polar surface area (TPSA) is 92.9 Å². The van der Waals surface area contributed by atoms with Gasteiger partial charge in [-0.1, -0.05) is 6.07 Å². The predicted molar refractivity (Wildman–Crippen MR) is 69.3 cm³/mol. The molecule has 0 spiro atoms. The van der Waals surface area contributed by atoms with E-state index in [0.717, 1.165) is 5.56 Å². The van der Waals surface area contributed by atoms with Crippen LogP contribution in [-0.2, 0) is 16.0 Å². The maximum atomic E-state index is 11.5. The second kappa shape index (κ2) is 5.27. The van der Waals surface area contributed by atoms with Crippen molar-refractivity contribution in [1.82, 2.24) is 0 Å². The molecule has 6 heteroatoms. The lowest BCUT2D eigenvalue weighted by Gasteiger charge is -2.26. The average Bonchev–Trinajstić information content (AvgIpc) is 2.33. The largest absolute Gasteiger partial charge is 0.482 e. The fourth-order valence-corrected chi connectivity index (χ4v) is 2.04. The molecule has 19 heavy (non-hydrogen) atoms. The normalized spacial score (nSPS) is 15.7. The van der Waals surface area contributed by atoms with Crippen LogP contribution < -0.4 is 15.4 Å². The Kier molecular flexibility index (Phi) is 3.71. The number of carboxylic acids is 1. The number of benzene rings is 1. The lowest BCUT2D eigenvalue weighted by Crippen LogP contribution is -2.35. The second-order valence-corrected chi connectivity index (χ2v) is 4.61. The van der Waals surface area contributed by atoms with Crippen LogP contribution in [-0.4, -0.2) is 36.7 Å². The molecule has 6 nitrogen and oxygen atoms in total. The lowest BCUT2D eigenvalue weighted by molar-refractivity contribution is -0.137. The number of rotatable bonds is 4. The van der Waals surface area contributed by atoms with Gasteiger partial charge in [-0.3, -0.25) is 9.59 Å². The number of nitrogens with two attached hydrogens (primary N) is 1. The van der Waals surface area contributed by atoms with Crippen LogP contribution in [0.3, 0.4) is 0 Å². The highest BCUT2D eigenvalue weighted by Crippen LogP contribution is 2.32. The molecule has 1 aromatic carbocycles. The summed E-state index contributed by atoms with van der Waals surface area (Å²) in [5.41, 5.74) is 7.33. The Morgan fingerprint density at radius 2 is 2.32 bits per heavy atom. The first kappa shape index (κ1) is 13.4. The van der Waals surface area contributed by atoms with Crippen LogP contribution in [0.5, 0.6) is 5.75 Å². The van der Waals surface area contributed by atoms with E-state index in [0.29, 0.717) is 17.9 Å². The number of aliphatic carboxylic acids is 1. The van der Waals surface area contributed by atoms with Crippen molar-refractivity contribution >= 4 is 17.6 Å². The van der Waals surface area contributed by atoms with Gasteiger partial charge in [-0.25, -0.2) is 0 Å². The summed E-state index contributed by atoms with van der Waals surface area (Å²) in [7, 11) is 1.69. The van der Waals surface area contributed by atoms with Gasteiger partial charge < -0.3 is 20.5 Å². The summed E-state index contributed by atoms with van der Waals surface area (Å²) in [6.45, 7) is 0.0430. The van der Waals surface area contributed by atoms with E-state index in [1.807, 2.05) is 12.1 Å². The van der Waals surface area contributed by atoms with Crippen LogP contribution in [0.25, 0.3) is 0 Å². The maximum Gasteiger partial charge on any atom is 0.304 e. The number of carboxylic acid groups (broad SMARTS) is 1. The van der Waals surface area contributed by atoms with Crippen molar-refractivity contribution < 1.29 is 19.4 Å². The number of likely N-dealkylation sites (N-methyl/N-ethyl adjacent to an activating group) is 1. The lowest BCUT2D eigenvalue weighted by atomic mass is 10.0. The van der Waals surface area contributed by atoms with Gasteiger partial charge >= 0.3 is 5.97 Å². The highest BCUT2D eigenvalue weighted by molar-refractivity contribution is 5.97. The fourth-order valence-electron chi connectivity index (χ4n) is 2.04. The zero-order valence-electron chi connectivity index (χ0n) is 10.6. The van der Waals surface area contributed by atoms with Crippen molar-refractivity contribution in [3.05, 3.63) is 23.8 Å². The molecule has 1 amide bonds. The molecule has 1 unspecified atom stereocenters. The van der Waals surface area contributed by atoms with E-state index in [1.165, 1.54) is 4.90 Å². The Morgan fingerprint density at radius 1 is 1.58 bits per heavy atom. The molecule has 1 atom stereocenters. The van der Waals surface area contributed by atoms with Crippen molar-refractivity contribution in [2.24, 2.45) is 5.73 Å². The van der Waals surface area contributed by atoms with Gasteiger partial charge in [0.2, 0.25) is 0 Å². The van der Waals surface area contributed by atoms with E-state index in [1.54, 1.807) is 13.1 Å². The molecule has 0 saturated carbocycles. The first-order chi connectivity index (χ1) is 8.97. The molecule has 1 heterocycles. The molecule has 0 saturated heterocycles. The number of nitrogens with zero attached hydrogens (tertiary/aromatic N) is 1. The third-order valence-electron chi connectivity index (χ3n) is 3.04. The molecular formula is C13H16N2O4. The van der Waals surface area contributed by atoms with E-state index in [4.69, 9.17) is 15.6 Å². The number of hydrogen-bond donors (Lipinski definition) is 2. The zero-order valence-corrected chi connectivity index (χ0v) is 10.6. The van der Waals surface area contributed by atoms with Gasteiger partial charge in [0.25, 0.3) is 5.91 Å². The van der Waals surface area contributed by atoms with Crippen LogP contribution >= 0.6 is 0 Å². The molecule has 0 bridgehead atoms. The monoisotopic (exact) mass is 264 g/mol. The van der Waals surface area contributed by atoms with Gasteiger partial charge in [0.1, 0.15) is 5.75 Å². The summed E-state index contributed by atoms with van der Waals surface area (Å²) in [5, 5.41) is 8.68. The van der Waals surface area contributed by atoms with Crippen molar-refractivity contribution in [2.75, 3.05) is 18.6 Å². The SMILES string of the molecule is CN1C(=O)COc2ccc(CC(N)CC(=O)O)cc21. The minimum absolute atomic E-state index is 0.0430. The van der Waals surface area contributed by atoms with E-state index in [9.17, 15) is 9.59 Å². The van der Waals surface area contributed by atoms with Crippen molar-refractivity contribution in [1.29, 1.82) is 0 Å². The number of carbonyl (C=O) groups is 2. The summed E-state index contributed by atoms with van der Waals surface area (Å²) in [5.74, 6) is -0.377. The summed E-state index contributed by atoms with van der Waals surface area (Å²) in [4.78, 5) is 23.6. The Hall–Kier alpha value is -2.08. The molecule has 1 aliphatic rings. The molecule has 1 aromatic rings. The molecule has 1 aliphatic heterocycles. The Balaban J connectivity index is 2.16. The van der Waals surface area contributed by atoms with Gasteiger partial charge in [-0.2, -0.15) is 0 Å². The van der Waals surface area contributed by atoms with E-state index in [-0.39, 0.29) is 18.9 Å². The minimum Gasteiger partial charge on any atom is -0.482 e. The number of fused-ring (bicyclic) bond motifs is 1. The molecule has 0 aliphatic carbocycles. The van der Waals surface area contributed by atoms with Crippen LogP contribution in [0.1, 0.15) is 12.0 Å². The summed E-state index contributed by atoms with van der Waals surface area (Å²) >= 11 is 0. The first-order valence-electron chi connectivity index (χ1n) is 5.97. The summed E-state index contributed by atoms with van der Waals surface area (Å²) in [6, 6.07) is 4.99. The smallest absolute Gasteiger partial charge is 0.304 e. The van der Waals surface area contributed by atoms with Gasteiger partial charge in [0.15, 0.2) is 6.61 Å². The minimum atomic E-state index is -0.916. The molecule has 102 valence electrons. The van der Waals surface area contributed by atoms with Crippen LogP contribution in [0.2, 0.25) is 0 Å². The number of anilines is 1. The molecule has 0 radical (unpaired) electrons. The molecular weight excluding hydrogens is 248 g/mol. The highest BCUT2D eigenvalue weighted by Gasteiger charge is 2.22. The van der Waals surface area contributed by atoms with Crippen LogP contribution in [0.4, 0.5) is 5.69 Å². The average molecular weight is 264 g/mol. The highest BCUT2D eigenvalue weighted by atomic mass is 16.5. The summed E-state index contributed by atoms with van der Waals surface area (Å²) in [6.07, 6.45) is 0.365. The third-order valence-corrected chi connectivity index (χ3v) is 3.04. The fraction of sp³-hybridized carbons (Fsp3) is 0.385. The van der Waals surface area contributed by atoms with E-state index in [2.05, 4.69) is 0 Å². The number of hydrogen-bond acceptors (Lipinski definition) is 4. The summed E-state index contributed by atoms with van der Waals surface area (Å²) < 4.78 is 5.31. The van der Waals surface area contributed by atoms with Gasteiger partial charge in [0, 0.05) is 13.1 Å². The van der Waals surface area contributed by atoms with Crippen molar-refractivity contribution in [3.63, 3.8) is 0 Å². The van der Waals surface area contributed by atoms with Crippen molar-refractivity contribution in [3.8, 4) is 5.75 Å². The Morgan fingerprint density at radius 3 is 3.00 bits per heavy atom. The number of amides is 1. The first-order valence-corrected chi connectivity index (χ1v) is 5.97. The molecule has 2 rings (SSSR count). The molecule has 3 N–H and O–H groups in total. The van der Waals surface area contributed by atoms with E-state index < -0.39 is 12.0 Å². The number of ether oxygens (including phenoxy) is 1. The zero-order chi connectivity index (χ0) is 14.0. The molecule has 0 fully saturated rings. The standard InChI is InChI=1S/C13H16N2O4/c1-15-10-5-8(4-9(14)6-13(17)18)2-3-11(10)19-7-12(15)16/h2-3,5,9H,4,6-7,14H2,1H3,(H,17,18). The quantitative estimate of drug-likeness (QED) is 0.820. The Labute approximate surface area is 110 Å². The Bertz CT molecular complexity index is 515. The van der Waals surface area contributed by atoms with Crippen LogP contribution in [0.15, 0.2) is 18.2 Å². The number of carbonyl (C=O) groups excluding carboxylic acids is 1. The third kappa shape index (κ3) is 3.03. The van der Waals surface area contributed by atoms with Gasteiger partial charge in [-0.15, -0.1) is 0 Å².